The Morgan fingerprint density at radius 2 is 1.30 bits per heavy atom. The number of aromatic nitrogens is 1. The lowest BCUT2D eigenvalue weighted by molar-refractivity contribution is 0.468. The number of hydrogen-bond donors (Lipinski definition) is 1. The monoisotopic (exact) mass is 505 g/mol. The summed E-state index contributed by atoms with van der Waals surface area (Å²) >= 11 is 8.80. The van der Waals surface area contributed by atoms with Gasteiger partial charge in [0, 0.05) is 18.3 Å². The van der Waals surface area contributed by atoms with Gasteiger partial charge in [-0.25, -0.2) is 4.98 Å². The summed E-state index contributed by atoms with van der Waals surface area (Å²) in [6, 6.07) is 16.4. The van der Waals surface area contributed by atoms with E-state index in [1.807, 2.05) is 36.4 Å². The Morgan fingerprint density at radius 1 is 0.800 bits per heavy atom. The van der Waals surface area contributed by atoms with E-state index in [1.165, 1.54) is 7.14 Å². The zero-order valence-electron chi connectivity index (χ0n) is 10.2. The van der Waals surface area contributed by atoms with Crippen LogP contribution in [0.3, 0.4) is 0 Å². The topological polar surface area (TPSA) is 26.0 Å². The molecule has 0 spiro atoms. The maximum atomic E-state index is 5.67. The Morgan fingerprint density at radius 3 is 1.85 bits per heavy atom. The van der Waals surface area contributed by atoms with E-state index >= 15 is 0 Å². The van der Waals surface area contributed by atoms with E-state index in [1.54, 1.807) is 0 Å². The van der Waals surface area contributed by atoms with Crippen LogP contribution < -0.4 is 0 Å². The second-order valence-corrected chi connectivity index (χ2v) is 7.06. The highest BCUT2D eigenvalue weighted by molar-refractivity contribution is 14.1. The number of halogens is 2. The molecule has 0 aliphatic heterocycles. The molecule has 3 rings (SSSR count). The number of thiol groups is 1. The molecule has 2 aromatic carbocycles. The van der Waals surface area contributed by atoms with Crippen LogP contribution in [0.15, 0.2) is 58.2 Å². The van der Waals surface area contributed by atoms with E-state index in [-0.39, 0.29) is 0 Å². The fourth-order valence-corrected chi connectivity index (χ4v) is 2.82. The van der Waals surface area contributed by atoms with Crippen LogP contribution in [-0.4, -0.2) is 4.98 Å². The maximum absolute atomic E-state index is 5.67. The zero-order valence-corrected chi connectivity index (χ0v) is 15.4. The first kappa shape index (κ1) is 14.4. The van der Waals surface area contributed by atoms with E-state index < -0.39 is 0 Å². The fourth-order valence-electron chi connectivity index (χ4n) is 1.91. The summed E-state index contributed by atoms with van der Waals surface area (Å²) in [6.45, 7) is 0. The van der Waals surface area contributed by atoms with Gasteiger partial charge in [0.1, 0.15) is 5.69 Å². The lowest BCUT2D eigenvalue weighted by Gasteiger charge is -2.02. The highest BCUT2D eigenvalue weighted by Crippen LogP contribution is 2.34. The van der Waals surface area contributed by atoms with E-state index in [0.29, 0.717) is 5.22 Å². The fraction of sp³-hybridized carbons (Fsp3) is 0. The van der Waals surface area contributed by atoms with Crippen molar-refractivity contribution in [1.82, 2.24) is 4.98 Å². The van der Waals surface area contributed by atoms with Crippen molar-refractivity contribution in [3.05, 3.63) is 55.7 Å². The second-order valence-electron chi connectivity index (χ2n) is 4.19. The SMILES string of the molecule is Sc1nc(-c2ccc(I)cc2)c(-c2ccc(I)cc2)o1. The average Bonchev–Trinajstić information content (AvgIpc) is 2.82. The Kier molecular flexibility index (Phi) is 4.37. The Hall–Kier alpha value is -0.540. The van der Waals surface area contributed by atoms with Crippen molar-refractivity contribution in [1.29, 1.82) is 0 Å². The number of nitrogens with zero attached hydrogens (tertiary/aromatic N) is 1. The van der Waals surface area contributed by atoms with Crippen LogP contribution in [0.1, 0.15) is 0 Å². The summed E-state index contributed by atoms with van der Waals surface area (Å²) in [5.41, 5.74) is 2.86. The standard InChI is InChI=1S/C15H9I2NOS/c16-11-5-1-9(2-6-11)13-14(19-15(20)18-13)10-3-7-12(17)8-4-10/h1-8H,(H,18,20). The largest absolute Gasteiger partial charge is 0.431 e. The molecular weight excluding hydrogens is 496 g/mol. The van der Waals surface area contributed by atoms with Crippen LogP contribution in [0.2, 0.25) is 0 Å². The van der Waals surface area contributed by atoms with Crippen molar-refractivity contribution in [2.24, 2.45) is 0 Å². The maximum Gasteiger partial charge on any atom is 0.253 e. The highest BCUT2D eigenvalue weighted by atomic mass is 127. The first-order chi connectivity index (χ1) is 9.63. The van der Waals surface area contributed by atoms with Crippen LogP contribution in [0.5, 0.6) is 0 Å². The molecule has 1 aromatic heterocycles. The quantitative estimate of drug-likeness (QED) is 0.368. The lowest BCUT2D eigenvalue weighted by atomic mass is 10.1. The average molecular weight is 505 g/mol. The summed E-state index contributed by atoms with van der Waals surface area (Å²) in [6.07, 6.45) is 0. The van der Waals surface area contributed by atoms with Crippen molar-refractivity contribution in [2.75, 3.05) is 0 Å². The van der Waals surface area contributed by atoms with Gasteiger partial charge < -0.3 is 4.42 Å². The minimum absolute atomic E-state index is 0.382. The number of hydrogen-bond acceptors (Lipinski definition) is 3. The third-order valence-corrected chi connectivity index (χ3v) is 4.47. The van der Waals surface area contributed by atoms with E-state index in [2.05, 4.69) is 74.9 Å². The molecule has 0 saturated carbocycles. The molecule has 0 aliphatic carbocycles. The molecule has 5 heteroatoms. The van der Waals surface area contributed by atoms with Gasteiger partial charge in [0.2, 0.25) is 0 Å². The van der Waals surface area contributed by atoms with Gasteiger partial charge in [-0.1, -0.05) is 36.9 Å². The van der Waals surface area contributed by atoms with Crippen molar-refractivity contribution in [2.45, 2.75) is 5.22 Å². The molecule has 2 nitrogen and oxygen atoms in total. The van der Waals surface area contributed by atoms with Crippen molar-refractivity contribution in [3.8, 4) is 22.6 Å². The minimum atomic E-state index is 0.382. The Bertz CT molecular complexity index is 673. The molecule has 0 bridgehead atoms. The molecule has 0 saturated heterocycles. The third kappa shape index (κ3) is 3.04. The molecule has 0 atom stereocenters. The van der Waals surface area contributed by atoms with Crippen LogP contribution in [0, 0.1) is 7.14 Å². The molecule has 100 valence electrons. The molecule has 0 N–H and O–H groups in total. The van der Waals surface area contributed by atoms with Gasteiger partial charge in [-0.15, -0.1) is 0 Å². The predicted octanol–water partition coefficient (Wildman–Crippen LogP) is 5.51. The predicted molar refractivity (Wildman–Crippen MR) is 100 cm³/mol. The van der Waals surface area contributed by atoms with E-state index in [9.17, 15) is 0 Å². The Balaban J connectivity index is 2.12. The van der Waals surface area contributed by atoms with Gasteiger partial charge in [-0.3, -0.25) is 0 Å². The van der Waals surface area contributed by atoms with Gasteiger partial charge in [-0.05, 0) is 69.4 Å². The first-order valence-electron chi connectivity index (χ1n) is 5.85. The highest BCUT2D eigenvalue weighted by Gasteiger charge is 2.15. The molecule has 0 aliphatic rings. The van der Waals surface area contributed by atoms with Crippen LogP contribution >= 0.6 is 57.8 Å². The van der Waals surface area contributed by atoms with Crippen LogP contribution in [0.4, 0.5) is 0 Å². The molecule has 0 unspecified atom stereocenters. The van der Waals surface area contributed by atoms with Crippen LogP contribution in [0.25, 0.3) is 22.6 Å². The zero-order chi connectivity index (χ0) is 14.1. The van der Waals surface area contributed by atoms with Crippen molar-refractivity contribution >= 4 is 57.8 Å². The molecule has 0 amide bonds. The molecule has 0 fully saturated rings. The van der Waals surface area contributed by atoms with Gasteiger partial charge in [-0.2, -0.15) is 0 Å². The van der Waals surface area contributed by atoms with Crippen LogP contribution in [-0.2, 0) is 0 Å². The van der Waals surface area contributed by atoms with Crippen molar-refractivity contribution < 1.29 is 4.42 Å². The smallest absolute Gasteiger partial charge is 0.253 e. The number of benzene rings is 2. The molecule has 3 aromatic rings. The molecule has 1 heterocycles. The molecule has 0 radical (unpaired) electrons. The minimum Gasteiger partial charge on any atom is -0.431 e. The third-order valence-electron chi connectivity index (χ3n) is 2.84. The first-order valence-corrected chi connectivity index (χ1v) is 8.45. The Labute approximate surface area is 149 Å². The second kappa shape index (κ2) is 6.07. The normalized spacial score (nSPS) is 10.8. The lowest BCUT2D eigenvalue weighted by Crippen LogP contribution is -1.83. The number of rotatable bonds is 2. The summed E-state index contributed by atoms with van der Waals surface area (Å²) in [5, 5.41) is 0.382. The van der Waals surface area contributed by atoms with E-state index in [0.717, 1.165) is 22.6 Å². The summed E-state index contributed by atoms with van der Waals surface area (Å²) in [5.74, 6) is 0.757. The van der Waals surface area contributed by atoms with Gasteiger partial charge in [0.15, 0.2) is 5.76 Å². The van der Waals surface area contributed by atoms with Gasteiger partial charge >= 0.3 is 0 Å². The van der Waals surface area contributed by atoms with E-state index in [4.69, 9.17) is 4.42 Å². The number of oxazole rings is 1. The summed E-state index contributed by atoms with van der Waals surface area (Å²) in [7, 11) is 0. The van der Waals surface area contributed by atoms with Crippen molar-refractivity contribution in [3.63, 3.8) is 0 Å². The summed E-state index contributed by atoms with van der Waals surface area (Å²) < 4.78 is 8.05. The summed E-state index contributed by atoms with van der Waals surface area (Å²) in [4.78, 5) is 4.40. The van der Waals surface area contributed by atoms with Gasteiger partial charge in [0.05, 0.1) is 0 Å². The molecule has 20 heavy (non-hydrogen) atoms. The van der Waals surface area contributed by atoms with Gasteiger partial charge in [0.25, 0.3) is 5.22 Å². The molecular formula is C15H9I2NOS.